The molecule has 2 rings (SSSR count). The van der Waals surface area contributed by atoms with E-state index in [4.69, 9.17) is 0 Å². The van der Waals surface area contributed by atoms with Crippen molar-refractivity contribution in [3.05, 3.63) is 52.4 Å². The fourth-order valence-corrected chi connectivity index (χ4v) is 2.93. The molecule has 22 heavy (non-hydrogen) atoms. The molecule has 1 aliphatic rings. The average molecular weight is 334 g/mol. The first-order valence-corrected chi connectivity index (χ1v) is 8.92. The maximum absolute atomic E-state index is 11.3. The van der Waals surface area contributed by atoms with Gasteiger partial charge in [0, 0.05) is 4.91 Å². The van der Waals surface area contributed by atoms with Crippen molar-refractivity contribution in [3.63, 3.8) is 0 Å². The van der Waals surface area contributed by atoms with E-state index in [0.29, 0.717) is 15.5 Å². The summed E-state index contributed by atoms with van der Waals surface area (Å²) in [6.45, 7) is 3.41. The Kier molecular flexibility index (Phi) is 5.06. The van der Waals surface area contributed by atoms with E-state index in [9.17, 15) is 13.7 Å². The van der Waals surface area contributed by atoms with Gasteiger partial charge in [0.05, 0.1) is 11.3 Å². The van der Waals surface area contributed by atoms with Crippen LogP contribution in [0, 0.1) is 18.3 Å². The van der Waals surface area contributed by atoms with Gasteiger partial charge in [0.15, 0.2) is 0 Å². The van der Waals surface area contributed by atoms with Crippen LogP contribution in [0.4, 0.5) is 0 Å². The van der Waals surface area contributed by atoms with Crippen LogP contribution in [-0.2, 0) is 14.4 Å². The molecular weight excluding hydrogens is 320 g/mol. The van der Waals surface area contributed by atoms with Gasteiger partial charge in [-0.15, -0.1) is 0 Å². The summed E-state index contributed by atoms with van der Waals surface area (Å²) < 4.78 is 27.1. The van der Waals surface area contributed by atoms with Gasteiger partial charge in [-0.2, -0.15) is 13.7 Å². The largest absolute Gasteiger partial charge is 0.328 e. The van der Waals surface area contributed by atoms with Crippen LogP contribution < -0.4 is 0 Å². The van der Waals surface area contributed by atoms with E-state index in [2.05, 4.69) is 15.5 Å². The zero-order valence-corrected chi connectivity index (χ0v) is 13.7. The van der Waals surface area contributed by atoms with Gasteiger partial charge in [-0.3, -0.25) is 4.28 Å². The molecule has 0 saturated heterocycles. The first-order valence-electron chi connectivity index (χ1n) is 6.52. The Bertz CT molecular complexity index is 815. The molecule has 0 unspecified atom stereocenters. The van der Waals surface area contributed by atoms with Crippen LogP contribution in [0.5, 0.6) is 0 Å². The number of rotatable bonds is 4. The predicted molar refractivity (Wildman–Crippen MR) is 88.4 cm³/mol. The smallest absolute Gasteiger partial charge is 0.267 e. The quantitative estimate of drug-likeness (QED) is 0.624. The number of aryl methyl sites for hydroxylation is 1. The summed E-state index contributed by atoms with van der Waals surface area (Å²) in [6, 6.07) is 9.79. The fourth-order valence-electron chi connectivity index (χ4n) is 1.76. The topological polar surface area (TPSA) is 79.5 Å². The second kappa shape index (κ2) is 6.81. The van der Waals surface area contributed by atoms with Crippen molar-refractivity contribution >= 4 is 32.5 Å². The van der Waals surface area contributed by atoms with Crippen LogP contribution in [0.1, 0.15) is 18.1 Å². The highest BCUT2D eigenvalue weighted by atomic mass is 32.2. The lowest BCUT2D eigenvalue weighted by atomic mass is 10.0. The lowest BCUT2D eigenvalue weighted by Crippen LogP contribution is -2.04. The highest BCUT2D eigenvalue weighted by Crippen LogP contribution is 2.34. The van der Waals surface area contributed by atoms with Gasteiger partial charge in [-0.05, 0) is 37.1 Å². The summed E-state index contributed by atoms with van der Waals surface area (Å²) >= 11 is 1.20. The summed E-state index contributed by atoms with van der Waals surface area (Å²) in [4.78, 5) is 0.716. The first-order chi connectivity index (χ1) is 10.5. The van der Waals surface area contributed by atoms with Gasteiger partial charge < -0.3 is 0 Å². The Hall–Kier alpha value is -2.04. The number of nitriles is 1. The lowest BCUT2D eigenvalue weighted by molar-refractivity contribution is 0.341. The third-order valence-corrected chi connectivity index (χ3v) is 4.95. The predicted octanol–water partition coefficient (Wildman–Crippen LogP) is 3.21. The van der Waals surface area contributed by atoms with Gasteiger partial charge >= 0.3 is 10.1 Å². The second-order valence-corrected chi connectivity index (χ2v) is 7.36. The molecule has 1 aliphatic heterocycles. The van der Waals surface area contributed by atoms with Gasteiger partial charge in [0.25, 0.3) is 0 Å². The molecule has 0 saturated carbocycles. The third-order valence-electron chi connectivity index (χ3n) is 2.96. The number of oxime groups is 1. The molecule has 0 radical (unpaired) electrons. The zero-order chi connectivity index (χ0) is 16.2. The molecule has 0 atom stereocenters. The van der Waals surface area contributed by atoms with E-state index in [0.717, 1.165) is 11.1 Å². The molecule has 0 bridgehead atoms. The molecule has 1 aromatic rings. The lowest BCUT2D eigenvalue weighted by Gasteiger charge is -2.05. The van der Waals surface area contributed by atoms with E-state index < -0.39 is 10.1 Å². The molecule has 0 aliphatic carbocycles. The van der Waals surface area contributed by atoms with Crippen LogP contribution >= 0.6 is 11.8 Å². The van der Waals surface area contributed by atoms with Crippen molar-refractivity contribution in [1.29, 1.82) is 5.26 Å². The summed E-state index contributed by atoms with van der Waals surface area (Å²) in [5, 5.41) is 13.4. The molecule has 1 aromatic carbocycles. The molecule has 0 fully saturated rings. The van der Waals surface area contributed by atoms with Gasteiger partial charge in [-0.1, -0.05) is 41.2 Å². The summed E-state index contributed by atoms with van der Waals surface area (Å²) in [6.07, 6.45) is 3.36. The Morgan fingerprint density at radius 2 is 2.09 bits per heavy atom. The minimum absolute atomic E-state index is 0.145. The second-order valence-electron chi connectivity index (χ2n) is 4.45. The maximum atomic E-state index is 11.3. The highest BCUT2D eigenvalue weighted by Gasteiger charge is 2.17. The minimum Gasteiger partial charge on any atom is -0.267 e. The van der Waals surface area contributed by atoms with Crippen molar-refractivity contribution in [2.75, 3.05) is 5.75 Å². The third kappa shape index (κ3) is 3.78. The number of allylic oxidation sites excluding steroid dienone is 2. The molecule has 1 heterocycles. The van der Waals surface area contributed by atoms with Crippen molar-refractivity contribution in [2.45, 2.75) is 13.8 Å². The summed E-state index contributed by atoms with van der Waals surface area (Å²) in [5.41, 5.74) is 2.37. The normalized spacial score (nSPS) is 18.3. The molecular formula is C15H14N2O3S2. The number of hydrogen-bond acceptors (Lipinski definition) is 6. The van der Waals surface area contributed by atoms with Crippen molar-refractivity contribution in [1.82, 2.24) is 0 Å². The van der Waals surface area contributed by atoms with Crippen LogP contribution in [0.15, 0.2) is 46.5 Å². The van der Waals surface area contributed by atoms with Crippen molar-refractivity contribution in [2.24, 2.45) is 5.16 Å². The average Bonchev–Trinajstić information content (AvgIpc) is 2.97. The van der Waals surface area contributed by atoms with Crippen LogP contribution in [-0.4, -0.2) is 19.2 Å². The number of hydrogen-bond donors (Lipinski definition) is 0. The Balaban J connectivity index is 2.29. The Morgan fingerprint density at radius 3 is 2.73 bits per heavy atom. The number of thioether (sulfide) groups is 1. The maximum Gasteiger partial charge on any atom is 0.328 e. The number of nitrogens with zero attached hydrogens (tertiary/aromatic N) is 2. The molecule has 0 N–H and O–H groups in total. The Morgan fingerprint density at radius 1 is 1.36 bits per heavy atom. The Labute approximate surface area is 134 Å². The highest BCUT2D eigenvalue weighted by molar-refractivity contribution is 8.18. The van der Waals surface area contributed by atoms with Crippen molar-refractivity contribution in [3.8, 4) is 6.07 Å². The standard InChI is InChI=1S/C15H14N2O3S2/c1-3-22(18,19)20-17-15-9-8-14(21-15)13(10-16)12-7-5-4-6-11(12)2/h4-9H,3H2,1-2H3. The van der Waals surface area contributed by atoms with E-state index >= 15 is 0 Å². The molecule has 7 heteroatoms. The molecule has 0 spiro atoms. The van der Waals surface area contributed by atoms with Crippen molar-refractivity contribution < 1.29 is 12.7 Å². The monoisotopic (exact) mass is 334 g/mol. The fraction of sp³-hybridized carbons (Fsp3) is 0.200. The van der Waals surface area contributed by atoms with Crippen LogP contribution in [0.25, 0.3) is 5.57 Å². The van der Waals surface area contributed by atoms with Crippen LogP contribution in [0.2, 0.25) is 0 Å². The first kappa shape index (κ1) is 16.3. The SMILES string of the molecule is CCS(=O)(=O)ON=C1C=CC(=C(C#N)c2ccccc2C)S1. The van der Waals surface area contributed by atoms with Gasteiger partial charge in [0.2, 0.25) is 0 Å². The van der Waals surface area contributed by atoms with Crippen LogP contribution in [0.3, 0.4) is 0 Å². The summed E-state index contributed by atoms with van der Waals surface area (Å²) in [7, 11) is -3.62. The van der Waals surface area contributed by atoms with E-state index in [1.54, 1.807) is 12.2 Å². The molecule has 114 valence electrons. The van der Waals surface area contributed by atoms with E-state index in [-0.39, 0.29) is 5.75 Å². The zero-order valence-electron chi connectivity index (χ0n) is 12.1. The van der Waals surface area contributed by atoms with E-state index in [1.807, 2.05) is 31.2 Å². The summed E-state index contributed by atoms with van der Waals surface area (Å²) in [5.74, 6) is -0.145. The molecule has 0 amide bonds. The number of benzene rings is 1. The minimum atomic E-state index is -3.62. The van der Waals surface area contributed by atoms with E-state index in [1.165, 1.54) is 18.7 Å². The van der Waals surface area contributed by atoms with Gasteiger partial charge in [0.1, 0.15) is 11.1 Å². The molecule has 5 nitrogen and oxygen atoms in total. The molecule has 0 aromatic heterocycles. The van der Waals surface area contributed by atoms with Gasteiger partial charge in [-0.25, -0.2) is 0 Å².